The molecule has 0 bridgehead atoms. The summed E-state index contributed by atoms with van der Waals surface area (Å²) in [6.07, 6.45) is -2.29. The van der Waals surface area contributed by atoms with Crippen LogP contribution < -0.4 is 4.90 Å². The van der Waals surface area contributed by atoms with E-state index in [1.165, 1.54) is 18.2 Å². The predicted molar refractivity (Wildman–Crippen MR) is 131 cm³/mol. The highest BCUT2D eigenvalue weighted by atomic mass is 19.4. The van der Waals surface area contributed by atoms with Crippen LogP contribution in [0.3, 0.4) is 0 Å². The molecule has 0 saturated carbocycles. The first kappa shape index (κ1) is 23.9. The topological polar surface area (TPSA) is 39.3 Å². The number of aromatic nitrogens is 1. The Labute approximate surface area is 206 Å². The Bertz CT molecular complexity index is 1360. The first-order valence-electron chi connectivity index (χ1n) is 11.8. The van der Waals surface area contributed by atoms with Gasteiger partial charge in [-0.05, 0) is 47.5 Å². The van der Waals surface area contributed by atoms with Gasteiger partial charge in [0.2, 0.25) is 5.91 Å². The molecule has 1 unspecified atom stereocenters. The van der Waals surface area contributed by atoms with Gasteiger partial charge in [0.25, 0.3) is 0 Å². The minimum absolute atomic E-state index is 0.0432. The Morgan fingerprint density at radius 2 is 1.64 bits per heavy atom. The molecule has 0 aliphatic carbocycles. The normalized spacial score (nSPS) is 15.3. The summed E-state index contributed by atoms with van der Waals surface area (Å²) in [7, 11) is 0. The molecule has 1 aliphatic rings. The van der Waals surface area contributed by atoms with E-state index in [0.29, 0.717) is 31.9 Å². The van der Waals surface area contributed by atoms with Crippen molar-refractivity contribution >= 4 is 22.5 Å². The molecule has 3 aromatic carbocycles. The van der Waals surface area contributed by atoms with Crippen LogP contribution in [0.2, 0.25) is 0 Å². The van der Waals surface area contributed by atoms with E-state index in [1.54, 1.807) is 23.1 Å². The lowest BCUT2D eigenvalue weighted by atomic mass is 9.87. The van der Waals surface area contributed by atoms with Crippen LogP contribution in [0.25, 0.3) is 10.9 Å². The molecule has 1 aromatic heterocycles. The number of hydrogen-bond acceptors (Lipinski definition) is 2. The minimum Gasteiger partial charge on any atom is -0.368 e. The van der Waals surface area contributed by atoms with E-state index in [-0.39, 0.29) is 24.1 Å². The third-order valence-corrected chi connectivity index (χ3v) is 6.82. The van der Waals surface area contributed by atoms with Gasteiger partial charge < -0.3 is 14.8 Å². The summed E-state index contributed by atoms with van der Waals surface area (Å²) < 4.78 is 52.9. The standard InChI is InChI=1S/C28H25F4N3O/c29-21-10-8-19(9-11-21)24(25-18-33-26-7-2-1-6-23(25)26)17-27(36)35-14-12-34(13-15-35)22-5-3-4-20(16-22)28(30,31)32/h1-11,16,18,24,33H,12-15,17H2. The first-order valence-corrected chi connectivity index (χ1v) is 11.8. The summed E-state index contributed by atoms with van der Waals surface area (Å²) >= 11 is 0. The van der Waals surface area contributed by atoms with Gasteiger partial charge in [-0.25, -0.2) is 4.39 Å². The smallest absolute Gasteiger partial charge is 0.368 e. The zero-order valence-corrected chi connectivity index (χ0v) is 19.4. The Balaban J connectivity index is 1.32. The van der Waals surface area contributed by atoms with E-state index in [4.69, 9.17) is 0 Å². The molecule has 1 amide bonds. The van der Waals surface area contributed by atoms with Gasteiger partial charge >= 0.3 is 6.18 Å². The van der Waals surface area contributed by atoms with E-state index in [2.05, 4.69) is 4.98 Å². The molecule has 1 fully saturated rings. The number of carbonyl (C=O) groups is 1. The van der Waals surface area contributed by atoms with Crippen molar-refractivity contribution < 1.29 is 22.4 Å². The van der Waals surface area contributed by atoms with Gasteiger partial charge in [0.05, 0.1) is 5.56 Å². The Kier molecular flexibility index (Phi) is 6.43. The highest BCUT2D eigenvalue weighted by Gasteiger charge is 2.32. The summed E-state index contributed by atoms with van der Waals surface area (Å²) in [5, 5.41) is 1.01. The van der Waals surface area contributed by atoms with Gasteiger partial charge in [-0.3, -0.25) is 4.79 Å². The molecule has 4 aromatic rings. The number of halogens is 4. The van der Waals surface area contributed by atoms with Gasteiger partial charge in [0, 0.05) is 61.3 Å². The maximum atomic E-state index is 13.6. The minimum atomic E-state index is -4.40. The van der Waals surface area contributed by atoms with Crippen molar-refractivity contribution in [2.24, 2.45) is 0 Å². The molecule has 1 aliphatic heterocycles. The number of amides is 1. The fourth-order valence-corrected chi connectivity index (χ4v) is 4.88. The van der Waals surface area contributed by atoms with Crippen molar-refractivity contribution in [2.75, 3.05) is 31.1 Å². The number of anilines is 1. The lowest BCUT2D eigenvalue weighted by Gasteiger charge is -2.37. The van der Waals surface area contributed by atoms with Crippen LogP contribution in [-0.4, -0.2) is 42.0 Å². The van der Waals surface area contributed by atoms with Crippen LogP contribution in [0.1, 0.15) is 29.0 Å². The number of nitrogens with zero attached hydrogens (tertiary/aromatic N) is 2. The lowest BCUT2D eigenvalue weighted by molar-refractivity contribution is -0.137. The number of rotatable bonds is 5. The van der Waals surface area contributed by atoms with E-state index in [0.717, 1.165) is 34.2 Å². The SMILES string of the molecule is O=C(CC(c1ccc(F)cc1)c1c[nH]c2ccccc12)N1CCN(c2cccc(C(F)(F)F)c2)CC1. The maximum absolute atomic E-state index is 13.6. The van der Waals surface area contributed by atoms with Gasteiger partial charge in [-0.1, -0.05) is 36.4 Å². The average molecular weight is 496 g/mol. The van der Waals surface area contributed by atoms with Crippen molar-refractivity contribution in [1.29, 1.82) is 0 Å². The number of alkyl halides is 3. The molecule has 4 nitrogen and oxygen atoms in total. The number of nitrogens with one attached hydrogen (secondary N) is 1. The molecule has 2 heterocycles. The molecule has 0 spiro atoms. The second-order valence-electron chi connectivity index (χ2n) is 9.01. The number of hydrogen-bond donors (Lipinski definition) is 1. The molecule has 8 heteroatoms. The van der Waals surface area contributed by atoms with Gasteiger partial charge in [0.15, 0.2) is 0 Å². The quantitative estimate of drug-likeness (QED) is 0.335. The Morgan fingerprint density at radius 1 is 0.917 bits per heavy atom. The zero-order valence-electron chi connectivity index (χ0n) is 19.4. The number of piperazine rings is 1. The molecule has 0 radical (unpaired) electrons. The van der Waals surface area contributed by atoms with E-state index >= 15 is 0 Å². The first-order chi connectivity index (χ1) is 17.3. The molecule has 186 valence electrons. The lowest BCUT2D eigenvalue weighted by Crippen LogP contribution is -2.49. The monoisotopic (exact) mass is 495 g/mol. The van der Waals surface area contributed by atoms with Crippen molar-refractivity contribution in [2.45, 2.75) is 18.5 Å². The second kappa shape index (κ2) is 9.68. The van der Waals surface area contributed by atoms with E-state index in [1.807, 2.05) is 35.4 Å². The fraction of sp³-hybridized carbons (Fsp3) is 0.250. The summed E-state index contributed by atoms with van der Waals surface area (Å²) in [6, 6.07) is 19.3. The third-order valence-electron chi connectivity index (χ3n) is 6.82. The largest absolute Gasteiger partial charge is 0.416 e. The number of fused-ring (bicyclic) bond motifs is 1. The van der Waals surface area contributed by atoms with Crippen LogP contribution in [0.4, 0.5) is 23.2 Å². The van der Waals surface area contributed by atoms with Crippen molar-refractivity contribution in [3.05, 3.63) is 102 Å². The summed E-state index contributed by atoms with van der Waals surface area (Å²) in [5.41, 5.74) is 2.59. The van der Waals surface area contributed by atoms with Crippen LogP contribution in [0.15, 0.2) is 79.0 Å². The predicted octanol–water partition coefficient (Wildman–Crippen LogP) is 6.20. The number of aromatic amines is 1. The zero-order chi connectivity index (χ0) is 25.3. The van der Waals surface area contributed by atoms with Crippen LogP contribution >= 0.6 is 0 Å². The highest BCUT2D eigenvalue weighted by molar-refractivity contribution is 5.86. The van der Waals surface area contributed by atoms with Crippen molar-refractivity contribution in [3.8, 4) is 0 Å². The van der Waals surface area contributed by atoms with Crippen molar-refractivity contribution in [1.82, 2.24) is 9.88 Å². The molecule has 5 rings (SSSR count). The summed E-state index contributed by atoms with van der Waals surface area (Å²) in [5.74, 6) is -0.650. The average Bonchev–Trinajstić information content (AvgIpc) is 3.31. The van der Waals surface area contributed by atoms with E-state index < -0.39 is 11.7 Å². The summed E-state index contributed by atoms with van der Waals surface area (Å²) in [6.45, 7) is 1.72. The number of carbonyl (C=O) groups excluding carboxylic acids is 1. The molecule has 1 saturated heterocycles. The van der Waals surface area contributed by atoms with Crippen LogP contribution in [0, 0.1) is 5.82 Å². The number of H-pyrrole nitrogens is 1. The molecule has 1 N–H and O–H groups in total. The number of benzene rings is 3. The maximum Gasteiger partial charge on any atom is 0.416 e. The van der Waals surface area contributed by atoms with Gasteiger partial charge in [-0.2, -0.15) is 13.2 Å². The van der Waals surface area contributed by atoms with Gasteiger partial charge in [-0.15, -0.1) is 0 Å². The summed E-state index contributed by atoms with van der Waals surface area (Å²) in [4.78, 5) is 20.3. The molecule has 1 atom stereocenters. The Morgan fingerprint density at radius 3 is 2.36 bits per heavy atom. The molecule has 36 heavy (non-hydrogen) atoms. The number of para-hydroxylation sites is 1. The van der Waals surface area contributed by atoms with Crippen LogP contribution in [0.5, 0.6) is 0 Å². The second-order valence-corrected chi connectivity index (χ2v) is 9.01. The fourth-order valence-electron chi connectivity index (χ4n) is 4.88. The Hall–Kier alpha value is -3.81. The van der Waals surface area contributed by atoms with Crippen LogP contribution in [-0.2, 0) is 11.0 Å². The van der Waals surface area contributed by atoms with Gasteiger partial charge in [0.1, 0.15) is 5.82 Å². The molecular weight excluding hydrogens is 470 g/mol. The van der Waals surface area contributed by atoms with E-state index in [9.17, 15) is 22.4 Å². The third kappa shape index (κ3) is 4.94. The highest BCUT2D eigenvalue weighted by Crippen LogP contribution is 2.35. The van der Waals surface area contributed by atoms with Crippen molar-refractivity contribution in [3.63, 3.8) is 0 Å². The molecular formula is C28H25F4N3O.